The van der Waals surface area contributed by atoms with Gasteiger partial charge in [0.15, 0.2) is 16.7 Å². The third kappa shape index (κ3) is 6.27. The van der Waals surface area contributed by atoms with Gasteiger partial charge < -0.3 is 14.8 Å². The number of benzene rings is 1. The van der Waals surface area contributed by atoms with E-state index < -0.39 is 6.61 Å². The summed E-state index contributed by atoms with van der Waals surface area (Å²) in [5.41, 5.74) is 1.30. The number of pyridine rings is 1. The van der Waals surface area contributed by atoms with E-state index in [1.165, 1.54) is 6.07 Å². The molecule has 1 saturated carbocycles. The number of hydrogen-bond donors (Lipinski definition) is 1. The number of anilines is 1. The van der Waals surface area contributed by atoms with E-state index >= 15 is 0 Å². The third-order valence-electron chi connectivity index (χ3n) is 4.35. The molecule has 1 aliphatic rings. The summed E-state index contributed by atoms with van der Waals surface area (Å²) in [7, 11) is 0. The zero-order valence-electron chi connectivity index (χ0n) is 15.9. The first kappa shape index (κ1) is 21.3. The van der Waals surface area contributed by atoms with Crippen LogP contribution in [-0.4, -0.2) is 41.6 Å². The van der Waals surface area contributed by atoms with Crippen molar-refractivity contribution in [3.8, 4) is 11.5 Å². The van der Waals surface area contributed by atoms with Crippen LogP contribution in [0.15, 0.2) is 36.5 Å². The van der Waals surface area contributed by atoms with Gasteiger partial charge in [0.05, 0.1) is 18.8 Å². The average molecular weight is 426 g/mol. The molecule has 0 saturated heterocycles. The molecular formula is C20H22ClF2N3O3. The number of hydrogen-bond acceptors (Lipinski definition) is 5. The minimum absolute atomic E-state index is 0.00691. The summed E-state index contributed by atoms with van der Waals surface area (Å²) in [6, 6.07) is 8.52. The highest BCUT2D eigenvalue weighted by molar-refractivity contribution is 6.32. The summed E-state index contributed by atoms with van der Waals surface area (Å²) in [5, 5.41) is 3.00. The molecule has 1 amide bonds. The molecule has 9 heteroatoms. The smallest absolute Gasteiger partial charge is 0.387 e. The van der Waals surface area contributed by atoms with Crippen molar-refractivity contribution < 1.29 is 23.0 Å². The number of nitrogens with one attached hydrogen (secondary N) is 1. The average Bonchev–Trinajstić information content (AvgIpc) is 3.50. The Morgan fingerprint density at radius 3 is 2.79 bits per heavy atom. The van der Waals surface area contributed by atoms with Gasteiger partial charge in [-0.15, -0.1) is 0 Å². The molecule has 1 aliphatic carbocycles. The maximum atomic E-state index is 12.6. The summed E-state index contributed by atoms with van der Waals surface area (Å²) in [4.78, 5) is 18.5. The van der Waals surface area contributed by atoms with E-state index in [9.17, 15) is 13.6 Å². The molecule has 1 aromatic heterocycles. The summed E-state index contributed by atoms with van der Waals surface area (Å²) in [5.74, 6) is 0.0506. The van der Waals surface area contributed by atoms with E-state index in [0.717, 1.165) is 18.4 Å². The fourth-order valence-corrected chi connectivity index (χ4v) is 3.12. The van der Waals surface area contributed by atoms with Crippen molar-refractivity contribution in [3.63, 3.8) is 0 Å². The SMILES string of the molecule is CCOc1cc(CN(CC(=O)Nc2cccnc2Cl)C2CC2)ccc1OC(F)F. The van der Waals surface area contributed by atoms with Crippen molar-refractivity contribution in [2.45, 2.75) is 39.0 Å². The van der Waals surface area contributed by atoms with Crippen molar-refractivity contribution >= 4 is 23.2 Å². The Hall–Kier alpha value is -2.45. The highest BCUT2D eigenvalue weighted by Crippen LogP contribution is 2.33. The number of halogens is 3. The van der Waals surface area contributed by atoms with Gasteiger partial charge in [-0.1, -0.05) is 17.7 Å². The summed E-state index contributed by atoms with van der Waals surface area (Å²) in [6.07, 6.45) is 3.56. The lowest BCUT2D eigenvalue weighted by molar-refractivity contribution is -0.117. The van der Waals surface area contributed by atoms with Gasteiger partial charge in [0.2, 0.25) is 5.91 Å². The van der Waals surface area contributed by atoms with Gasteiger partial charge in [-0.25, -0.2) is 4.98 Å². The number of rotatable bonds is 10. The second-order valence-corrected chi connectivity index (χ2v) is 6.98. The highest BCUT2D eigenvalue weighted by atomic mass is 35.5. The molecule has 1 N–H and O–H groups in total. The minimum Gasteiger partial charge on any atom is -0.490 e. The minimum atomic E-state index is -2.92. The van der Waals surface area contributed by atoms with Gasteiger partial charge >= 0.3 is 6.61 Å². The molecule has 156 valence electrons. The molecule has 2 aromatic rings. The largest absolute Gasteiger partial charge is 0.490 e. The molecular weight excluding hydrogens is 404 g/mol. The number of carbonyl (C=O) groups excluding carboxylic acids is 1. The predicted octanol–water partition coefficient (Wildman–Crippen LogP) is 4.34. The number of carbonyl (C=O) groups is 1. The summed E-state index contributed by atoms with van der Waals surface area (Å²) < 4.78 is 35.1. The number of nitrogens with zero attached hydrogens (tertiary/aromatic N) is 2. The Morgan fingerprint density at radius 1 is 1.34 bits per heavy atom. The maximum Gasteiger partial charge on any atom is 0.387 e. The Kier molecular flexibility index (Phi) is 7.22. The van der Waals surface area contributed by atoms with Crippen molar-refractivity contribution in [1.29, 1.82) is 0 Å². The zero-order chi connectivity index (χ0) is 20.8. The first-order valence-electron chi connectivity index (χ1n) is 9.31. The van der Waals surface area contributed by atoms with E-state index in [-0.39, 0.29) is 29.1 Å². The fourth-order valence-electron chi connectivity index (χ4n) is 2.95. The fraction of sp³-hybridized carbons (Fsp3) is 0.400. The van der Waals surface area contributed by atoms with Crippen LogP contribution in [-0.2, 0) is 11.3 Å². The quantitative estimate of drug-likeness (QED) is 0.574. The normalized spacial score (nSPS) is 13.6. The van der Waals surface area contributed by atoms with Crippen LogP contribution >= 0.6 is 11.6 Å². The number of aromatic nitrogens is 1. The van der Waals surface area contributed by atoms with Gasteiger partial charge in [-0.3, -0.25) is 9.69 Å². The molecule has 1 fully saturated rings. The second-order valence-electron chi connectivity index (χ2n) is 6.62. The first-order chi connectivity index (χ1) is 14.0. The molecule has 29 heavy (non-hydrogen) atoms. The molecule has 0 bridgehead atoms. The van der Waals surface area contributed by atoms with E-state index in [4.69, 9.17) is 16.3 Å². The van der Waals surface area contributed by atoms with Crippen LogP contribution in [0.25, 0.3) is 0 Å². The van der Waals surface area contributed by atoms with Crippen LogP contribution in [0.5, 0.6) is 11.5 Å². The summed E-state index contributed by atoms with van der Waals surface area (Å²) >= 11 is 5.99. The van der Waals surface area contributed by atoms with Gasteiger partial charge in [-0.2, -0.15) is 8.78 Å². The van der Waals surface area contributed by atoms with Crippen molar-refractivity contribution in [2.24, 2.45) is 0 Å². The van der Waals surface area contributed by atoms with E-state index in [1.54, 1.807) is 37.4 Å². The predicted molar refractivity (Wildman–Crippen MR) is 106 cm³/mol. The molecule has 0 radical (unpaired) electrons. The molecule has 6 nitrogen and oxygen atoms in total. The molecule has 0 aliphatic heterocycles. The van der Waals surface area contributed by atoms with E-state index in [0.29, 0.717) is 24.9 Å². The van der Waals surface area contributed by atoms with Crippen LogP contribution in [0, 0.1) is 0 Å². The standard InChI is InChI=1S/C20H22ClF2N3O3/c1-2-28-17-10-13(5-8-16(17)29-20(22)23)11-26(14-6-7-14)12-18(27)25-15-4-3-9-24-19(15)21/h3-5,8-10,14,20H,2,6-7,11-12H2,1H3,(H,25,27). The van der Waals surface area contributed by atoms with Crippen LogP contribution in [0.3, 0.4) is 0 Å². The zero-order valence-corrected chi connectivity index (χ0v) is 16.7. The van der Waals surface area contributed by atoms with Crippen molar-refractivity contribution in [3.05, 3.63) is 47.2 Å². The van der Waals surface area contributed by atoms with E-state index in [2.05, 4.69) is 15.0 Å². The number of alkyl halides is 2. The van der Waals surface area contributed by atoms with Crippen LogP contribution in [0.2, 0.25) is 5.15 Å². The topological polar surface area (TPSA) is 63.7 Å². The highest BCUT2D eigenvalue weighted by Gasteiger charge is 2.30. The Balaban J connectivity index is 1.68. The lowest BCUT2D eigenvalue weighted by atomic mass is 10.2. The molecule has 0 atom stereocenters. The number of ether oxygens (including phenoxy) is 2. The van der Waals surface area contributed by atoms with Gasteiger partial charge in [0, 0.05) is 18.8 Å². The van der Waals surface area contributed by atoms with Crippen LogP contribution in [0.1, 0.15) is 25.3 Å². The second kappa shape index (κ2) is 9.84. The van der Waals surface area contributed by atoms with Gasteiger partial charge in [0.1, 0.15) is 0 Å². The molecule has 0 spiro atoms. The van der Waals surface area contributed by atoms with Gasteiger partial charge in [0.25, 0.3) is 0 Å². The van der Waals surface area contributed by atoms with E-state index in [1.807, 2.05) is 4.90 Å². The third-order valence-corrected chi connectivity index (χ3v) is 4.65. The number of amides is 1. The van der Waals surface area contributed by atoms with Gasteiger partial charge in [-0.05, 0) is 49.6 Å². The summed E-state index contributed by atoms with van der Waals surface area (Å²) in [6.45, 7) is -0.179. The van der Waals surface area contributed by atoms with Crippen molar-refractivity contribution in [1.82, 2.24) is 9.88 Å². The Bertz CT molecular complexity index is 849. The molecule has 3 rings (SSSR count). The Morgan fingerprint density at radius 2 is 2.14 bits per heavy atom. The maximum absolute atomic E-state index is 12.6. The first-order valence-corrected chi connectivity index (χ1v) is 9.69. The van der Waals surface area contributed by atoms with Crippen molar-refractivity contribution in [2.75, 3.05) is 18.5 Å². The molecule has 1 aromatic carbocycles. The molecule has 0 unspecified atom stereocenters. The van der Waals surface area contributed by atoms with Crippen LogP contribution < -0.4 is 14.8 Å². The van der Waals surface area contributed by atoms with Crippen LogP contribution in [0.4, 0.5) is 14.5 Å². The monoisotopic (exact) mass is 425 g/mol. The molecule has 1 heterocycles. The lowest BCUT2D eigenvalue weighted by Gasteiger charge is -2.22. The lowest BCUT2D eigenvalue weighted by Crippen LogP contribution is -2.34. The Labute approximate surface area is 172 Å².